The first-order valence-corrected chi connectivity index (χ1v) is 29.7. The highest BCUT2D eigenvalue weighted by atomic mass is 32.2. The van der Waals surface area contributed by atoms with Gasteiger partial charge in [0.2, 0.25) is 0 Å². The van der Waals surface area contributed by atoms with Crippen LogP contribution in [-0.2, 0) is 100 Å². The first-order chi connectivity index (χ1) is 39.2. The van der Waals surface area contributed by atoms with Gasteiger partial charge >= 0.3 is 7.82 Å². The Labute approximate surface area is 474 Å². The first-order valence-electron chi connectivity index (χ1n) is 27.3. The largest absolute Gasteiger partial charge is 0.475 e. The normalized spacial score (nSPS) is 25.4. The van der Waals surface area contributed by atoms with Crippen LogP contribution in [0.5, 0.6) is 0 Å². The second-order valence-corrected chi connectivity index (χ2v) is 23.7. The molecule has 420 valence electrons. The molecule has 10 rings (SSSR count). The summed E-state index contributed by atoms with van der Waals surface area (Å²) in [5.41, 5.74) is 4.69. The van der Waals surface area contributed by atoms with Crippen LogP contribution in [0.25, 0.3) is 0 Å². The Morgan fingerprint density at radius 3 is 1.19 bits per heavy atom. The van der Waals surface area contributed by atoms with Crippen molar-refractivity contribution < 1.29 is 60.8 Å². The van der Waals surface area contributed by atoms with Crippen molar-refractivity contribution in [2.45, 2.75) is 119 Å². The van der Waals surface area contributed by atoms with Crippen LogP contribution in [0.3, 0.4) is 0 Å². The van der Waals surface area contributed by atoms with Crippen molar-refractivity contribution in [3.05, 3.63) is 246 Å². The minimum absolute atomic E-state index is 0.0688. The van der Waals surface area contributed by atoms with E-state index < -0.39 is 73.8 Å². The molecule has 0 aliphatic carbocycles. The molecule has 0 unspecified atom stereocenters. The molecule has 0 bridgehead atoms. The van der Waals surface area contributed by atoms with E-state index in [2.05, 4.69) is 0 Å². The van der Waals surface area contributed by atoms with Gasteiger partial charge in [-0.2, -0.15) is 0 Å². The van der Waals surface area contributed by atoms with Crippen molar-refractivity contribution in [1.29, 1.82) is 0 Å². The van der Waals surface area contributed by atoms with Gasteiger partial charge in [0.05, 0.1) is 66.1 Å². The van der Waals surface area contributed by atoms with Crippen LogP contribution in [0.2, 0.25) is 0 Å². The van der Waals surface area contributed by atoms with Gasteiger partial charge in [0.25, 0.3) is 0 Å². The Morgan fingerprint density at radius 2 is 0.762 bits per heavy atom. The molecule has 0 N–H and O–H groups in total. The molecule has 7 aromatic carbocycles. The Kier molecular flexibility index (Phi) is 21.0. The van der Waals surface area contributed by atoms with Crippen molar-refractivity contribution >= 4 is 19.6 Å². The number of phosphoric acid groups is 1. The SMILES string of the molecule is CC1(C)COP(=O)(O[C@H]2[C@H](OC[C@H]3O[C@@H](Sc4ccccc4)[C@H](OCc4ccccc4)[C@@H](OCc4ccccc4)[C@@H]3OCc3ccccc3)O[C@H](COCc3ccccc3)[C@@H](OCc3ccccc3)[C@@H]2OCc2ccccc2)OC1. The molecule has 80 heavy (non-hydrogen) atoms. The van der Waals surface area contributed by atoms with E-state index in [0.717, 1.165) is 38.3 Å². The zero-order chi connectivity index (χ0) is 54.8. The van der Waals surface area contributed by atoms with E-state index in [4.69, 9.17) is 56.2 Å². The quantitative estimate of drug-likeness (QED) is 0.0477. The van der Waals surface area contributed by atoms with E-state index in [1.165, 1.54) is 11.8 Å². The van der Waals surface area contributed by atoms with E-state index >= 15 is 0 Å². The Hall–Kier alpha value is -5.36. The number of thioether (sulfide) groups is 1. The summed E-state index contributed by atoms with van der Waals surface area (Å²) in [6.45, 7) is 5.57. The fourth-order valence-corrected chi connectivity index (χ4v) is 12.5. The fourth-order valence-electron chi connectivity index (χ4n) is 9.64. The Morgan fingerprint density at radius 1 is 0.412 bits per heavy atom. The minimum atomic E-state index is -4.29. The maximum absolute atomic E-state index is 14.9. The van der Waals surface area contributed by atoms with Crippen molar-refractivity contribution in [2.75, 3.05) is 26.4 Å². The zero-order valence-corrected chi connectivity index (χ0v) is 46.9. The molecule has 0 spiro atoms. The average Bonchev–Trinajstić information content (AvgIpc) is 3.57. The summed E-state index contributed by atoms with van der Waals surface area (Å²) in [5, 5.41) is 0. The molecule has 13 nitrogen and oxygen atoms in total. The maximum Gasteiger partial charge on any atom is 0.475 e. The highest BCUT2D eigenvalue weighted by molar-refractivity contribution is 7.99. The van der Waals surface area contributed by atoms with Crippen LogP contribution in [0.15, 0.2) is 217 Å². The number of hydrogen-bond donors (Lipinski definition) is 0. The maximum atomic E-state index is 14.9. The van der Waals surface area contributed by atoms with Gasteiger partial charge < -0.3 is 42.6 Å². The summed E-state index contributed by atoms with van der Waals surface area (Å²) in [6.07, 6.45) is -8.16. The van der Waals surface area contributed by atoms with Crippen LogP contribution in [0.1, 0.15) is 47.2 Å². The summed E-state index contributed by atoms with van der Waals surface area (Å²) in [6, 6.07) is 69.8. The summed E-state index contributed by atoms with van der Waals surface area (Å²) in [4.78, 5) is 0.971. The Balaban J connectivity index is 1.03. The lowest BCUT2D eigenvalue weighted by molar-refractivity contribution is -0.327. The predicted molar refractivity (Wildman–Crippen MR) is 305 cm³/mol. The number of rotatable bonds is 26. The smallest absolute Gasteiger partial charge is 0.374 e. The zero-order valence-electron chi connectivity index (χ0n) is 45.2. The summed E-state index contributed by atoms with van der Waals surface area (Å²) in [5.74, 6) is 0. The van der Waals surface area contributed by atoms with E-state index in [9.17, 15) is 4.57 Å². The third-order valence-electron chi connectivity index (χ3n) is 13.9. The first kappa shape index (κ1) is 57.9. The third kappa shape index (κ3) is 16.6. The standard InChI is InChI=1S/C65H71O13PS/c1-65(2)46-74-79(66,75-47-65)78-61-59(70-41-51-30-16-6-17-31-51)57(68-39-49-26-12-4-13-27-49)55(44-67-38-48-24-10-3-11-25-48)76-63(61)73-45-56-58(69-40-50-28-14-5-15-29-50)60(71-42-52-32-18-7-19-33-52)62(72-43-53-34-20-8-21-35-53)64(77-56)80-54-36-22-9-23-37-54/h3-37,55-64H,38-47H2,1-2H3/t55-,56-,57-,58-,59+,60+,61-,62-,63-,64+/m1/s1. The van der Waals surface area contributed by atoms with Gasteiger partial charge in [-0.15, -0.1) is 0 Å². The van der Waals surface area contributed by atoms with Gasteiger partial charge in [-0.1, -0.05) is 226 Å². The molecule has 3 aliphatic rings. The minimum Gasteiger partial charge on any atom is -0.374 e. The molecular formula is C65H71O13PS. The van der Waals surface area contributed by atoms with Crippen LogP contribution in [0.4, 0.5) is 0 Å². The molecule has 10 atom stereocenters. The molecule has 3 heterocycles. The van der Waals surface area contributed by atoms with Crippen LogP contribution < -0.4 is 0 Å². The lowest BCUT2D eigenvalue weighted by Gasteiger charge is -2.48. The predicted octanol–water partition coefficient (Wildman–Crippen LogP) is 13.0. The molecule has 15 heteroatoms. The van der Waals surface area contributed by atoms with E-state index in [0.29, 0.717) is 13.2 Å². The van der Waals surface area contributed by atoms with Gasteiger partial charge in [-0.25, -0.2) is 4.57 Å². The van der Waals surface area contributed by atoms with Gasteiger partial charge in [0.15, 0.2) is 6.29 Å². The van der Waals surface area contributed by atoms with Crippen LogP contribution in [0, 0.1) is 5.41 Å². The lowest BCUT2D eigenvalue weighted by Crippen LogP contribution is -2.63. The number of hydrogen-bond acceptors (Lipinski definition) is 14. The summed E-state index contributed by atoms with van der Waals surface area (Å²) < 4.78 is 96.8. The molecule has 7 aromatic rings. The molecule has 3 saturated heterocycles. The fraction of sp³-hybridized carbons (Fsp3) is 0.354. The van der Waals surface area contributed by atoms with Gasteiger partial charge in [-0.3, -0.25) is 13.6 Å². The molecular weight excluding hydrogens is 1050 g/mol. The topological polar surface area (TPSA) is 128 Å². The van der Waals surface area contributed by atoms with E-state index in [1.807, 2.05) is 226 Å². The molecule has 3 fully saturated rings. The molecule has 0 radical (unpaired) electrons. The summed E-state index contributed by atoms with van der Waals surface area (Å²) >= 11 is 1.54. The van der Waals surface area contributed by atoms with E-state index in [1.54, 1.807) is 0 Å². The Bertz CT molecular complexity index is 2900. The van der Waals surface area contributed by atoms with Gasteiger partial charge in [0.1, 0.15) is 54.3 Å². The highest BCUT2D eigenvalue weighted by Gasteiger charge is 2.55. The highest BCUT2D eigenvalue weighted by Crippen LogP contribution is 2.57. The van der Waals surface area contributed by atoms with Crippen LogP contribution in [-0.4, -0.2) is 87.0 Å². The van der Waals surface area contributed by atoms with Crippen LogP contribution >= 0.6 is 19.6 Å². The monoisotopic (exact) mass is 1120 g/mol. The second kappa shape index (κ2) is 29.1. The number of benzene rings is 7. The van der Waals surface area contributed by atoms with Gasteiger partial charge in [-0.05, 0) is 45.5 Å². The van der Waals surface area contributed by atoms with Crippen molar-refractivity contribution in [2.24, 2.45) is 5.41 Å². The molecule has 3 aliphatic heterocycles. The number of ether oxygens (including phenoxy) is 9. The molecule has 0 aromatic heterocycles. The van der Waals surface area contributed by atoms with Crippen molar-refractivity contribution in [1.82, 2.24) is 0 Å². The van der Waals surface area contributed by atoms with E-state index in [-0.39, 0.29) is 52.9 Å². The molecule has 0 saturated carbocycles. The average molecular weight is 1120 g/mol. The van der Waals surface area contributed by atoms with Crippen molar-refractivity contribution in [3.63, 3.8) is 0 Å². The second-order valence-electron chi connectivity index (χ2n) is 20.9. The third-order valence-corrected chi connectivity index (χ3v) is 16.4. The summed E-state index contributed by atoms with van der Waals surface area (Å²) in [7, 11) is -4.29. The molecule has 0 amide bonds. The lowest BCUT2D eigenvalue weighted by atomic mass is 9.97. The number of phosphoric ester groups is 1. The van der Waals surface area contributed by atoms with Crippen molar-refractivity contribution in [3.8, 4) is 0 Å². The van der Waals surface area contributed by atoms with Gasteiger partial charge in [0, 0.05) is 10.3 Å².